The van der Waals surface area contributed by atoms with Crippen LogP contribution in [0.25, 0.3) is 17.2 Å². The number of ether oxygens (including phenoxy) is 1. The first-order chi connectivity index (χ1) is 18.4. The minimum atomic E-state index is -0.781. The molecule has 0 saturated heterocycles. The number of esters is 1. The predicted molar refractivity (Wildman–Crippen MR) is 152 cm³/mol. The summed E-state index contributed by atoms with van der Waals surface area (Å²) in [5.74, 6) is -0.744. The topological polar surface area (TPSA) is 123 Å². The number of carbonyl (C=O) groups is 3. The van der Waals surface area contributed by atoms with Gasteiger partial charge in [-0.25, -0.2) is 14.9 Å². The van der Waals surface area contributed by atoms with E-state index in [9.17, 15) is 14.4 Å². The van der Waals surface area contributed by atoms with Crippen molar-refractivity contribution in [2.24, 2.45) is 10.7 Å². The smallest absolute Gasteiger partial charge is 0.328 e. The first-order valence-corrected chi connectivity index (χ1v) is 13.2. The Labute approximate surface area is 230 Å². The maximum absolute atomic E-state index is 13.1. The summed E-state index contributed by atoms with van der Waals surface area (Å²) < 4.78 is 5.32. The van der Waals surface area contributed by atoms with E-state index in [-0.39, 0.29) is 18.2 Å². The number of amidine groups is 1. The number of nitrogens with one attached hydrogen (secondary N) is 1. The number of hydrogen-bond acceptors (Lipinski definition) is 7. The standard InChI is InChI=1S/C30H38N4O5/c1-7-15-34(38-8-2)28(36)24-16-23-14-13-22(17-25(23)33-26(31)18-24)20-9-11-21(12-10-20)27(35)32-19(3)29(37)39-30(4,5)6/h9-14,16-17,19H,7-8,15,18H2,1-6H3,(H2,31,33)(H,32,35)/t19-/m0/s1. The van der Waals surface area contributed by atoms with E-state index in [0.717, 1.165) is 23.1 Å². The van der Waals surface area contributed by atoms with Crippen LogP contribution in [0.4, 0.5) is 5.69 Å². The molecule has 1 atom stereocenters. The van der Waals surface area contributed by atoms with E-state index in [1.54, 1.807) is 39.8 Å². The molecule has 0 spiro atoms. The molecule has 0 saturated carbocycles. The number of amides is 2. The van der Waals surface area contributed by atoms with Crippen molar-refractivity contribution in [2.45, 2.75) is 66.0 Å². The zero-order valence-electron chi connectivity index (χ0n) is 23.5. The normalized spacial score (nSPS) is 13.8. The highest BCUT2D eigenvalue weighted by Crippen LogP contribution is 2.32. The lowest BCUT2D eigenvalue weighted by Gasteiger charge is -2.22. The number of hydroxylamine groups is 2. The van der Waals surface area contributed by atoms with Crippen molar-refractivity contribution in [3.05, 3.63) is 59.2 Å². The van der Waals surface area contributed by atoms with Gasteiger partial charge < -0.3 is 15.8 Å². The van der Waals surface area contributed by atoms with Gasteiger partial charge in [0.15, 0.2) is 0 Å². The van der Waals surface area contributed by atoms with Gasteiger partial charge in [0.25, 0.3) is 11.8 Å². The number of hydrogen-bond donors (Lipinski definition) is 2. The third-order valence-corrected chi connectivity index (χ3v) is 5.80. The number of fused-ring (bicyclic) bond motifs is 1. The number of nitrogens with two attached hydrogens (primary N) is 1. The van der Waals surface area contributed by atoms with Crippen LogP contribution in [0.5, 0.6) is 0 Å². The van der Waals surface area contributed by atoms with Crippen LogP contribution in [-0.4, -0.2) is 53.5 Å². The Hall–Kier alpha value is -3.98. The van der Waals surface area contributed by atoms with Crippen LogP contribution in [0, 0.1) is 0 Å². The first-order valence-electron chi connectivity index (χ1n) is 13.2. The fraction of sp³-hybridized carbons (Fsp3) is 0.400. The quantitative estimate of drug-likeness (QED) is 0.353. The van der Waals surface area contributed by atoms with Gasteiger partial charge in [0.2, 0.25) is 0 Å². The van der Waals surface area contributed by atoms with Gasteiger partial charge in [-0.2, -0.15) is 0 Å². The summed E-state index contributed by atoms with van der Waals surface area (Å²) in [5, 5.41) is 4.06. The Bertz CT molecular complexity index is 1270. The summed E-state index contributed by atoms with van der Waals surface area (Å²) in [6.45, 7) is 11.6. The molecule has 0 aliphatic carbocycles. The molecular weight excluding hydrogens is 496 g/mol. The Balaban J connectivity index is 1.78. The molecule has 1 heterocycles. The highest BCUT2D eigenvalue weighted by Gasteiger charge is 2.24. The lowest BCUT2D eigenvalue weighted by atomic mass is 10.00. The summed E-state index contributed by atoms with van der Waals surface area (Å²) in [5.41, 5.74) is 9.67. The summed E-state index contributed by atoms with van der Waals surface area (Å²) in [6, 6.07) is 12.0. The van der Waals surface area contributed by atoms with Crippen LogP contribution >= 0.6 is 0 Å². The Kier molecular flexibility index (Phi) is 9.64. The number of rotatable bonds is 9. The summed E-state index contributed by atoms with van der Waals surface area (Å²) in [6.07, 6.45) is 2.80. The Morgan fingerprint density at radius 2 is 1.74 bits per heavy atom. The lowest BCUT2D eigenvalue weighted by molar-refractivity contribution is -0.180. The molecule has 3 N–H and O–H groups in total. The molecule has 9 nitrogen and oxygen atoms in total. The van der Waals surface area contributed by atoms with Gasteiger partial charge in [-0.3, -0.25) is 14.4 Å². The molecular formula is C30H38N4O5. The third-order valence-electron chi connectivity index (χ3n) is 5.80. The summed E-state index contributed by atoms with van der Waals surface area (Å²) in [7, 11) is 0. The average Bonchev–Trinajstić information content (AvgIpc) is 3.04. The van der Waals surface area contributed by atoms with Gasteiger partial charge >= 0.3 is 5.97 Å². The second kappa shape index (κ2) is 12.7. The Morgan fingerprint density at radius 3 is 2.36 bits per heavy atom. The number of benzene rings is 2. The van der Waals surface area contributed by atoms with Crippen LogP contribution in [0.1, 0.15) is 70.3 Å². The molecule has 2 amide bonds. The molecule has 0 aromatic heterocycles. The SMILES string of the molecule is CCCN(OCC)C(=O)C1=Cc2ccc(-c3ccc(C(=O)N[C@@H](C)C(=O)OC(C)(C)C)cc3)cc2N=C(N)C1. The molecule has 0 fully saturated rings. The van der Waals surface area contributed by atoms with Crippen LogP contribution < -0.4 is 11.1 Å². The van der Waals surface area contributed by atoms with Gasteiger partial charge in [-0.1, -0.05) is 31.2 Å². The largest absolute Gasteiger partial charge is 0.458 e. The second-order valence-corrected chi connectivity index (χ2v) is 10.4. The molecule has 2 aromatic carbocycles. The van der Waals surface area contributed by atoms with Crippen molar-refractivity contribution in [1.82, 2.24) is 10.4 Å². The number of carbonyl (C=O) groups excluding carboxylic acids is 3. The third kappa shape index (κ3) is 8.00. The van der Waals surface area contributed by atoms with E-state index in [1.807, 2.05) is 50.3 Å². The van der Waals surface area contributed by atoms with E-state index in [0.29, 0.717) is 35.8 Å². The average molecular weight is 535 g/mol. The maximum atomic E-state index is 13.1. The number of nitrogens with zero attached hydrogens (tertiary/aromatic N) is 2. The molecule has 1 aliphatic heterocycles. The van der Waals surface area contributed by atoms with Gasteiger partial charge in [0, 0.05) is 29.7 Å². The Morgan fingerprint density at radius 1 is 1.08 bits per heavy atom. The van der Waals surface area contributed by atoms with Crippen molar-refractivity contribution in [3.63, 3.8) is 0 Å². The highest BCUT2D eigenvalue weighted by molar-refractivity contribution is 6.05. The monoisotopic (exact) mass is 534 g/mol. The predicted octanol–water partition coefficient (Wildman–Crippen LogP) is 4.78. The molecule has 0 radical (unpaired) electrons. The molecule has 9 heteroatoms. The van der Waals surface area contributed by atoms with E-state index in [2.05, 4.69) is 10.3 Å². The molecule has 3 rings (SSSR count). The van der Waals surface area contributed by atoms with Gasteiger partial charge in [-0.05, 0) is 76.4 Å². The molecule has 0 bridgehead atoms. The first kappa shape index (κ1) is 29.6. The fourth-order valence-corrected chi connectivity index (χ4v) is 3.99. The van der Waals surface area contributed by atoms with Crippen molar-refractivity contribution in [2.75, 3.05) is 13.2 Å². The highest BCUT2D eigenvalue weighted by atomic mass is 16.7. The summed E-state index contributed by atoms with van der Waals surface area (Å²) >= 11 is 0. The molecule has 0 unspecified atom stereocenters. The number of aliphatic imine (C=N–C) groups is 1. The summed E-state index contributed by atoms with van der Waals surface area (Å²) in [4.78, 5) is 48.0. The minimum Gasteiger partial charge on any atom is -0.458 e. The lowest BCUT2D eigenvalue weighted by Crippen LogP contribution is -2.42. The zero-order valence-corrected chi connectivity index (χ0v) is 23.5. The van der Waals surface area contributed by atoms with Crippen LogP contribution in [-0.2, 0) is 19.2 Å². The van der Waals surface area contributed by atoms with Crippen molar-refractivity contribution in [3.8, 4) is 11.1 Å². The molecule has 2 aromatic rings. The maximum Gasteiger partial charge on any atom is 0.328 e. The molecule has 1 aliphatic rings. The van der Waals surface area contributed by atoms with Gasteiger partial charge in [-0.15, -0.1) is 0 Å². The van der Waals surface area contributed by atoms with Crippen LogP contribution in [0.2, 0.25) is 0 Å². The molecule has 208 valence electrons. The van der Waals surface area contributed by atoms with E-state index in [4.69, 9.17) is 15.3 Å². The van der Waals surface area contributed by atoms with E-state index >= 15 is 0 Å². The van der Waals surface area contributed by atoms with Crippen LogP contribution in [0.3, 0.4) is 0 Å². The van der Waals surface area contributed by atoms with Gasteiger partial charge in [0.05, 0.1) is 12.3 Å². The fourth-order valence-electron chi connectivity index (χ4n) is 3.99. The van der Waals surface area contributed by atoms with E-state index in [1.165, 1.54) is 5.06 Å². The van der Waals surface area contributed by atoms with Crippen molar-refractivity contribution < 1.29 is 24.0 Å². The van der Waals surface area contributed by atoms with Crippen molar-refractivity contribution >= 4 is 35.4 Å². The molecule has 39 heavy (non-hydrogen) atoms. The minimum absolute atomic E-state index is 0.219. The zero-order chi connectivity index (χ0) is 28.7. The van der Waals surface area contributed by atoms with Gasteiger partial charge in [0.1, 0.15) is 17.5 Å². The van der Waals surface area contributed by atoms with Crippen molar-refractivity contribution in [1.29, 1.82) is 0 Å². The second-order valence-electron chi connectivity index (χ2n) is 10.4. The van der Waals surface area contributed by atoms with E-state index < -0.39 is 17.6 Å². The van der Waals surface area contributed by atoms with Crippen LogP contribution in [0.15, 0.2) is 53.0 Å².